The minimum Gasteiger partial charge on any atom is -0.490 e. The van der Waals surface area contributed by atoms with Crippen molar-refractivity contribution in [2.24, 2.45) is 0 Å². The summed E-state index contributed by atoms with van der Waals surface area (Å²) >= 11 is 0. The third-order valence-electron chi connectivity index (χ3n) is 6.79. The van der Waals surface area contributed by atoms with Crippen LogP contribution >= 0.6 is 0 Å². The monoisotopic (exact) mass is 531 g/mol. The number of ether oxygens (including phenoxy) is 1. The van der Waals surface area contributed by atoms with Crippen molar-refractivity contribution in [2.75, 3.05) is 13.2 Å². The van der Waals surface area contributed by atoms with Crippen LogP contribution in [-0.4, -0.2) is 47.3 Å². The maximum absolute atomic E-state index is 13.2. The van der Waals surface area contributed by atoms with E-state index in [9.17, 15) is 13.5 Å². The molecule has 8 heteroatoms. The van der Waals surface area contributed by atoms with Gasteiger partial charge < -0.3 is 20.1 Å². The van der Waals surface area contributed by atoms with Gasteiger partial charge in [0.15, 0.2) is 0 Å². The zero-order chi connectivity index (χ0) is 26.9. The minimum absolute atomic E-state index is 0.0746. The van der Waals surface area contributed by atoms with Crippen molar-refractivity contribution in [3.05, 3.63) is 96.3 Å². The maximum atomic E-state index is 13.2. The number of nitrogens with one attached hydrogen (secondary N) is 2. The fourth-order valence-corrected chi connectivity index (χ4v) is 6.08. The van der Waals surface area contributed by atoms with Crippen molar-refractivity contribution in [1.82, 2.24) is 14.3 Å². The summed E-state index contributed by atoms with van der Waals surface area (Å²) in [5.41, 5.74) is 3.61. The number of aromatic nitrogens is 2. The van der Waals surface area contributed by atoms with Gasteiger partial charge in [0.2, 0.25) is 0 Å². The van der Waals surface area contributed by atoms with Crippen LogP contribution in [0.15, 0.2) is 90.1 Å². The van der Waals surface area contributed by atoms with Crippen LogP contribution in [0.4, 0.5) is 0 Å². The van der Waals surface area contributed by atoms with Crippen LogP contribution in [0.5, 0.6) is 5.75 Å². The fourth-order valence-electron chi connectivity index (χ4n) is 4.73. The molecule has 3 aromatic carbocycles. The molecule has 0 spiro atoms. The Hall–Kier alpha value is -3.59. The van der Waals surface area contributed by atoms with Crippen molar-refractivity contribution in [3.8, 4) is 5.75 Å². The molecule has 0 aliphatic rings. The zero-order valence-corrected chi connectivity index (χ0v) is 22.6. The number of rotatable bonds is 10. The van der Waals surface area contributed by atoms with Crippen molar-refractivity contribution >= 4 is 31.8 Å². The van der Waals surface area contributed by atoms with Gasteiger partial charge in [0, 0.05) is 40.8 Å². The van der Waals surface area contributed by atoms with E-state index in [0.717, 1.165) is 17.5 Å². The first kappa shape index (κ1) is 26.0. The molecular formula is C30H33N3O4S. The van der Waals surface area contributed by atoms with E-state index in [4.69, 9.17) is 4.74 Å². The van der Waals surface area contributed by atoms with E-state index in [1.807, 2.05) is 25.3 Å². The lowest BCUT2D eigenvalue weighted by Crippen LogP contribution is -2.46. The average Bonchev–Trinajstić information content (AvgIpc) is 3.52. The predicted octanol–water partition coefficient (Wildman–Crippen LogP) is 5.02. The Bertz CT molecular complexity index is 1670. The summed E-state index contributed by atoms with van der Waals surface area (Å²) in [6.07, 6.45) is 3.63. The van der Waals surface area contributed by atoms with Gasteiger partial charge in [0.25, 0.3) is 10.0 Å². The van der Waals surface area contributed by atoms with Crippen LogP contribution in [0.2, 0.25) is 0 Å². The van der Waals surface area contributed by atoms with Gasteiger partial charge in [-0.25, -0.2) is 12.4 Å². The molecule has 0 fully saturated rings. The number of H-pyrrole nitrogens is 1. The molecule has 7 nitrogen and oxygen atoms in total. The van der Waals surface area contributed by atoms with Gasteiger partial charge >= 0.3 is 0 Å². The van der Waals surface area contributed by atoms with Gasteiger partial charge in [-0.1, -0.05) is 42.0 Å². The molecular weight excluding hydrogens is 498 g/mol. The number of benzene rings is 3. The van der Waals surface area contributed by atoms with E-state index in [-0.39, 0.29) is 17.0 Å². The first-order chi connectivity index (χ1) is 18.1. The molecule has 0 radical (unpaired) electrons. The second-order valence-corrected chi connectivity index (χ2v) is 12.2. The van der Waals surface area contributed by atoms with Crippen LogP contribution in [0.25, 0.3) is 21.8 Å². The number of aliphatic hydroxyl groups is 1. The van der Waals surface area contributed by atoms with Gasteiger partial charge in [0.05, 0.1) is 10.4 Å². The number of β-amino-alcohol motifs (C(OH)–C–C–N with tert-alkyl or cyclic N) is 1. The summed E-state index contributed by atoms with van der Waals surface area (Å²) in [7, 11) is -3.75. The molecule has 38 heavy (non-hydrogen) atoms. The quantitative estimate of drug-likeness (QED) is 0.235. The molecule has 0 saturated carbocycles. The lowest BCUT2D eigenvalue weighted by atomic mass is 9.94. The van der Waals surface area contributed by atoms with Crippen molar-refractivity contribution < 1.29 is 18.3 Å². The van der Waals surface area contributed by atoms with Crippen molar-refractivity contribution in [3.63, 3.8) is 0 Å². The van der Waals surface area contributed by atoms with E-state index >= 15 is 0 Å². The molecule has 2 aromatic heterocycles. The molecule has 5 aromatic rings. The van der Waals surface area contributed by atoms with Gasteiger partial charge in [-0.15, -0.1) is 0 Å². The highest BCUT2D eigenvalue weighted by Gasteiger charge is 2.22. The number of nitrogens with zero attached hydrogens (tertiary/aromatic N) is 1. The molecule has 0 amide bonds. The third kappa shape index (κ3) is 5.34. The number of fused-ring (bicyclic) bond motifs is 2. The molecule has 0 aliphatic heterocycles. The number of aryl methyl sites for hydroxylation is 1. The van der Waals surface area contributed by atoms with Crippen LogP contribution in [0.3, 0.4) is 0 Å². The van der Waals surface area contributed by atoms with Gasteiger partial charge in [0.1, 0.15) is 18.5 Å². The Labute approximate surface area is 223 Å². The lowest BCUT2D eigenvalue weighted by Gasteiger charge is -2.28. The van der Waals surface area contributed by atoms with Gasteiger partial charge in [-0.05, 0) is 69.2 Å². The van der Waals surface area contributed by atoms with E-state index in [0.29, 0.717) is 23.2 Å². The predicted molar refractivity (Wildman–Crippen MR) is 151 cm³/mol. The number of para-hydroxylation sites is 1. The molecule has 0 aliphatic carbocycles. The molecule has 3 N–H and O–H groups in total. The first-order valence-corrected chi connectivity index (χ1v) is 14.1. The maximum Gasteiger partial charge on any atom is 0.268 e. The van der Waals surface area contributed by atoms with Crippen molar-refractivity contribution in [2.45, 2.75) is 43.7 Å². The van der Waals surface area contributed by atoms with E-state index in [2.05, 4.69) is 36.3 Å². The highest BCUT2D eigenvalue weighted by Crippen LogP contribution is 2.29. The highest BCUT2D eigenvalue weighted by molar-refractivity contribution is 7.90. The van der Waals surface area contributed by atoms with Crippen LogP contribution in [0, 0.1) is 6.92 Å². The average molecular weight is 532 g/mol. The normalized spacial score (nSPS) is 13.3. The Morgan fingerprint density at radius 1 is 1.00 bits per heavy atom. The standard InChI is InChI=1S/C30H33N3O4S/c1-21-11-13-24(14-12-21)38(35,36)33-16-15-26-28(33)9-6-10-29(26)37-20-23(34)19-32-30(2,3)17-22-18-31-27-8-5-4-7-25(22)27/h4-16,18,23,31-32,34H,17,19-20H2,1-3H3. The van der Waals surface area contributed by atoms with Gasteiger partial charge in [-0.3, -0.25) is 0 Å². The molecule has 198 valence electrons. The summed E-state index contributed by atoms with van der Waals surface area (Å²) in [5.74, 6) is 0.525. The minimum atomic E-state index is -3.75. The largest absolute Gasteiger partial charge is 0.490 e. The molecule has 1 unspecified atom stereocenters. The second kappa shape index (κ2) is 10.3. The molecule has 2 heterocycles. The fraction of sp³-hybridized carbons (Fsp3) is 0.267. The molecule has 0 bridgehead atoms. The van der Waals surface area contributed by atoms with Crippen LogP contribution in [0.1, 0.15) is 25.0 Å². The first-order valence-electron chi connectivity index (χ1n) is 12.7. The lowest BCUT2D eigenvalue weighted by molar-refractivity contribution is 0.0996. The third-order valence-corrected chi connectivity index (χ3v) is 8.49. The Kier molecular flexibility index (Phi) is 7.05. The summed E-state index contributed by atoms with van der Waals surface area (Å²) in [6, 6.07) is 22.0. The Morgan fingerprint density at radius 3 is 2.55 bits per heavy atom. The smallest absolute Gasteiger partial charge is 0.268 e. The van der Waals surface area contributed by atoms with Crippen LogP contribution < -0.4 is 10.1 Å². The summed E-state index contributed by atoms with van der Waals surface area (Å²) in [6.45, 7) is 6.57. The van der Waals surface area contributed by atoms with Crippen molar-refractivity contribution in [1.29, 1.82) is 0 Å². The summed E-state index contributed by atoms with van der Waals surface area (Å²) in [4.78, 5) is 3.54. The molecule has 5 rings (SSSR count). The molecule has 0 saturated heterocycles. The summed E-state index contributed by atoms with van der Waals surface area (Å²) in [5, 5.41) is 16.0. The van der Waals surface area contributed by atoms with E-state index < -0.39 is 16.1 Å². The number of aromatic amines is 1. The summed E-state index contributed by atoms with van der Waals surface area (Å²) < 4.78 is 33.7. The topological polar surface area (TPSA) is 96.3 Å². The van der Waals surface area contributed by atoms with Gasteiger partial charge in [-0.2, -0.15) is 0 Å². The van der Waals surface area contributed by atoms with E-state index in [1.54, 1.807) is 48.5 Å². The second-order valence-electron chi connectivity index (χ2n) is 10.4. The molecule has 1 atom stereocenters. The number of hydrogen-bond donors (Lipinski definition) is 3. The Balaban J connectivity index is 1.23. The Morgan fingerprint density at radius 2 is 1.76 bits per heavy atom. The number of hydrogen-bond acceptors (Lipinski definition) is 5. The zero-order valence-electron chi connectivity index (χ0n) is 21.8. The number of aliphatic hydroxyl groups excluding tert-OH is 1. The highest BCUT2D eigenvalue weighted by atomic mass is 32.2. The van der Waals surface area contributed by atoms with E-state index in [1.165, 1.54) is 21.1 Å². The SMILES string of the molecule is Cc1ccc(S(=O)(=O)n2ccc3c(OCC(O)CNC(C)(C)Cc4c[nH]c5ccccc45)cccc32)cc1. The van der Waals surface area contributed by atoms with Crippen LogP contribution in [-0.2, 0) is 16.4 Å².